The Bertz CT molecular complexity index is 752. The van der Waals surface area contributed by atoms with Crippen molar-refractivity contribution in [2.45, 2.75) is 13.0 Å². The molecule has 106 valence electrons. The zero-order valence-corrected chi connectivity index (χ0v) is 13.2. The number of aromatic nitrogens is 2. The minimum absolute atomic E-state index is 0.697. The molecule has 0 aliphatic rings. The molecular formula is C17H15BrN2O. The van der Waals surface area contributed by atoms with E-state index in [4.69, 9.17) is 0 Å². The van der Waals surface area contributed by atoms with Gasteiger partial charge in [0.05, 0.1) is 11.9 Å². The molecule has 2 aromatic carbocycles. The van der Waals surface area contributed by atoms with Crippen LogP contribution < -0.4 is 0 Å². The van der Waals surface area contributed by atoms with Gasteiger partial charge in [0.2, 0.25) is 0 Å². The quantitative estimate of drug-likeness (QED) is 0.780. The third kappa shape index (κ3) is 2.91. The largest absolute Gasteiger partial charge is 0.383 e. The van der Waals surface area contributed by atoms with Crippen LogP contribution >= 0.6 is 15.9 Å². The maximum atomic E-state index is 10.6. The number of aryl methyl sites for hydroxylation is 1. The SMILES string of the molecule is Cc1ccc(Br)c(C(O)c2cnn(-c3ccccc3)c2)c1. The lowest BCUT2D eigenvalue weighted by molar-refractivity contribution is 0.219. The Hall–Kier alpha value is -1.91. The first-order valence-electron chi connectivity index (χ1n) is 6.69. The minimum Gasteiger partial charge on any atom is -0.383 e. The zero-order valence-electron chi connectivity index (χ0n) is 11.6. The second kappa shape index (κ2) is 5.84. The maximum absolute atomic E-state index is 10.6. The molecule has 0 saturated heterocycles. The molecule has 0 spiro atoms. The molecule has 0 radical (unpaired) electrons. The summed E-state index contributed by atoms with van der Waals surface area (Å²) in [5.41, 5.74) is 3.70. The monoisotopic (exact) mass is 342 g/mol. The van der Waals surface area contributed by atoms with Crippen LogP contribution in [0.5, 0.6) is 0 Å². The Kier molecular flexibility index (Phi) is 3.90. The van der Waals surface area contributed by atoms with Crippen molar-refractivity contribution in [1.82, 2.24) is 9.78 Å². The second-order valence-corrected chi connectivity index (χ2v) is 5.84. The molecule has 3 nitrogen and oxygen atoms in total. The fraction of sp³-hybridized carbons (Fsp3) is 0.118. The van der Waals surface area contributed by atoms with Gasteiger partial charge in [-0.25, -0.2) is 4.68 Å². The van der Waals surface area contributed by atoms with Crippen molar-refractivity contribution in [3.63, 3.8) is 0 Å². The Labute approximate surface area is 132 Å². The topological polar surface area (TPSA) is 38.1 Å². The van der Waals surface area contributed by atoms with Crippen LogP contribution in [0.2, 0.25) is 0 Å². The van der Waals surface area contributed by atoms with Gasteiger partial charge in [0, 0.05) is 16.2 Å². The van der Waals surface area contributed by atoms with Crippen LogP contribution in [0.4, 0.5) is 0 Å². The second-order valence-electron chi connectivity index (χ2n) is 4.98. The first-order chi connectivity index (χ1) is 10.1. The van der Waals surface area contributed by atoms with Gasteiger partial charge in [-0.3, -0.25) is 0 Å². The van der Waals surface area contributed by atoms with E-state index in [0.29, 0.717) is 0 Å². The summed E-state index contributed by atoms with van der Waals surface area (Å²) in [6.45, 7) is 2.01. The smallest absolute Gasteiger partial charge is 0.108 e. The Morgan fingerprint density at radius 2 is 1.90 bits per heavy atom. The highest BCUT2D eigenvalue weighted by molar-refractivity contribution is 9.10. The van der Waals surface area contributed by atoms with Gasteiger partial charge in [-0.1, -0.05) is 51.8 Å². The van der Waals surface area contributed by atoms with E-state index in [0.717, 1.165) is 26.9 Å². The van der Waals surface area contributed by atoms with E-state index < -0.39 is 6.10 Å². The number of benzene rings is 2. The van der Waals surface area contributed by atoms with Gasteiger partial charge in [0.1, 0.15) is 6.10 Å². The molecule has 1 N–H and O–H groups in total. The molecule has 3 rings (SSSR count). The molecule has 0 bridgehead atoms. The third-order valence-corrected chi connectivity index (χ3v) is 4.11. The van der Waals surface area contributed by atoms with Crippen molar-refractivity contribution in [2.75, 3.05) is 0 Å². The van der Waals surface area contributed by atoms with Gasteiger partial charge in [-0.2, -0.15) is 5.10 Å². The fourth-order valence-corrected chi connectivity index (χ4v) is 2.72. The summed E-state index contributed by atoms with van der Waals surface area (Å²) in [4.78, 5) is 0. The number of rotatable bonds is 3. The molecule has 0 amide bonds. The molecule has 4 heteroatoms. The first-order valence-corrected chi connectivity index (χ1v) is 7.48. The number of hydrogen-bond acceptors (Lipinski definition) is 2. The van der Waals surface area contributed by atoms with Crippen molar-refractivity contribution in [1.29, 1.82) is 0 Å². The van der Waals surface area contributed by atoms with Crippen LogP contribution in [-0.4, -0.2) is 14.9 Å². The number of aliphatic hydroxyl groups excluding tert-OH is 1. The lowest BCUT2D eigenvalue weighted by atomic mass is 10.0. The van der Waals surface area contributed by atoms with Gasteiger partial charge in [0.15, 0.2) is 0 Å². The number of halogens is 1. The molecule has 21 heavy (non-hydrogen) atoms. The van der Waals surface area contributed by atoms with Crippen LogP contribution in [0.25, 0.3) is 5.69 Å². The molecule has 1 aromatic heterocycles. The number of hydrogen-bond donors (Lipinski definition) is 1. The molecule has 0 aliphatic heterocycles. The lowest BCUT2D eigenvalue weighted by Gasteiger charge is -2.12. The highest BCUT2D eigenvalue weighted by Crippen LogP contribution is 2.29. The Morgan fingerprint density at radius 1 is 1.14 bits per heavy atom. The summed E-state index contributed by atoms with van der Waals surface area (Å²) in [5, 5.41) is 14.9. The molecule has 1 unspecified atom stereocenters. The average molecular weight is 343 g/mol. The van der Waals surface area contributed by atoms with Gasteiger partial charge in [-0.15, -0.1) is 0 Å². The van der Waals surface area contributed by atoms with E-state index in [-0.39, 0.29) is 0 Å². The summed E-state index contributed by atoms with van der Waals surface area (Å²) in [6, 6.07) is 15.8. The molecule has 3 aromatic rings. The van der Waals surface area contributed by atoms with E-state index in [9.17, 15) is 5.11 Å². The van der Waals surface area contributed by atoms with E-state index in [2.05, 4.69) is 21.0 Å². The maximum Gasteiger partial charge on any atom is 0.108 e. The van der Waals surface area contributed by atoms with E-state index in [1.165, 1.54) is 0 Å². The summed E-state index contributed by atoms with van der Waals surface area (Å²) in [5.74, 6) is 0. The normalized spacial score (nSPS) is 12.3. The lowest BCUT2D eigenvalue weighted by Crippen LogP contribution is -2.00. The van der Waals surface area contributed by atoms with Gasteiger partial charge in [-0.05, 0) is 30.7 Å². The summed E-state index contributed by atoms with van der Waals surface area (Å²) in [7, 11) is 0. The molecular weight excluding hydrogens is 328 g/mol. The van der Waals surface area contributed by atoms with Crippen molar-refractivity contribution in [3.8, 4) is 5.69 Å². The van der Waals surface area contributed by atoms with E-state index in [1.54, 1.807) is 10.9 Å². The molecule has 1 heterocycles. The summed E-state index contributed by atoms with van der Waals surface area (Å²) < 4.78 is 2.66. The number of para-hydroxylation sites is 1. The van der Waals surface area contributed by atoms with E-state index in [1.807, 2.05) is 61.7 Å². The number of nitrogens with zero attached hydrogens (tertiary/aromatic N) is 2. The van der Waals surface area contributed by atoms with Crippen molar-refractivity contribution in [2.24, 2.45) is 0 Å². The highest BCUT2D eigenvalue weighted by atomic mass is 79.9. The van der Waals surface area contributed by atoms with E-state index >= 15 is 0 Å². The summed E-state index contributed by atoms with van der Waals surface area (Å²) in [6.07, 6.45) is 2.86. The number of aliphatic hydroxyl groups is 1. The van der Waals surface area contributed by atoms with Crippen LogP contribution in [0.15, 0.2) is 65.4 Å². The predicted octanol–water partition coefficient (Wildman–Crippen LogP) is 4.02. The molecule has 0 fully saturated rings. The van der Waals surface area contributed by atoms with Crippen LogP contribution in [0.3, 0.4) is 0 Å². The van der Waals surface area contributed by atoms with Gasteiger partial charge >= 0.3 is 0 Å². The van der Waals surface area contributed by atoms with Crippen molar-refractivity contribution < 1.29 is 5.11 Å². The average Bonchev–Trinajstić information content (AvgIpc) is 3.00. The van der Waals surface area contributed by atoms with Crippen LogP contribution in [0, 0.1) is 6.92 Å². The van der Waals surface area contributed by atoms with Crippen molar-refractivity contribution >= 4 is 15.9 Å². The third-order valence-electron chi connectivity index (χ3n) is 3.39. The van der Waals surface area contributed by atoms with Crippen LogP contribution in [-0.2, 0) is 0 Å². The van der Waals surface area contributed by atoms with Gasteiger partial charge in [0.25, 0.3) is 0 Å². The predicted molar refractivity (Wildman–Crippen MR) is 86.5 cm³/mol. The summed E-state index contributed by atoms with van der Waals surface area (Å²) >= 11 is 3.49. The standard InChI is InChI=1S/C17H15BrN2O/c1-12-7-8-16(18)15(9-12)17(21)13-10-19-20(11-13)14-5-3-2-4-6-14/h2-11,17,21H,1H3. The zero-order chi connectivity index (χ0) is 14.8. The Morgan fingerprint density at radius 3 is 2.67 bits per heavy atom. The molecule has 0 aliphatic carbocycles. The molecule has 0 saturated carbocycles. The molecule has 1 atom stereocenters. The Balaban J connectivity index is 1.94. The minimum atomic E-state index is -0.697. The first kappa shape index (κ1) is 14.0. The van der Waals surface area contributed by atoms with Crippen molar-refractivity contribution in [3.05, 3.63) is 82.1 Å². The van der Waals surface area contributed by atoms with Gasteiger partial charge < -0.3 is 5.11 Å². The highest BCUT2D eigenvalue weighted by Gasteiger charge is 2.16. The van der Waals surface area contributed by atoms with Crippen LogP contribution in [0.1, 0.15) is 22.8 Å². The fourth-order valence-electron chi connectivity index (χ4n) is 2.25.